The average molecular weight is 468 g/mol. The van der Waals surface area contributed by atoms with Crippen molar-refractivity contribution in [3.05, 3.63) is 81.0 Å². The molecule has 0 unspecified atom stereocenters. The van der Waals surface area contributed by atoms with Crippen LogP contribution in [0.4, 0.5) is 5.95 Å². The number of nitrogens with one attached hydrogen (secondary N) is 2. The first-order chi connectivity index (χ1) is 17.0. The molecule has 4 aromatic rings. The number of piperidine rings is 1. The molecule has 4 heterocycles. The molecule has 7 rings (SSSR count). The van der Waals surface area contributed by atoms with E-state index in [0.717, 1.165) is 62.1 Å². The van der Waals surface area contributed by atoms with Crippen LogP contribution in [0, 0.1) is 12.3 Å². The SMILES string of the molecule is Cc1ncccc1C1(c2n[nH]c3nc(N4CCC5(CC4)Cc4ccccc4[C@H]5N)[nH]c(=O)c23)CC1. The van der Waals surface area contributed by atoms with Gasteiger partial charge < -0.3 is 10.6 Å². The molecule has 1 aliphatic heterocycles. The molecule has 1 spiro atoms. The summed E-state index contributed by atoms with van der Waals surface area (Å²) >= 11 is 0. The van der Waals surface area contributed by atoms with Crippen molar-refractivity contribution in [1.82, 2.24) is 25.1 Å². The van der Waals surface area contributed by atoms with E-state index in [0.29, 0.717) is 17.0 Å². The molecule has 1 saturated heterocycles. The van der Waals surface area contributed by atoms with E-state index in [1.807, 2.05) is 13.0 Å². The van der Waals surface area contributed by atoms with E-state index in [1.54, 1.807) is 6.20 Å². The van der Waals surface area contributed by atoms with E-state index >= 15 is 0 Å². The lowest BCUT2D eigenvalue weighted by molar-refractivity contribution is 0.187. The van der Waals surface area contributed by atoms with Gasteiger partial charge in [-0.2, -0.15) is 10.1 Å². The Labute approximate surface area is 203 Å². The van der Waals surface area contributed by atoms with Crippen molar-refractivity contribution in [3.8, 4) is 0 Å². The zero-order chi connectivity index (χ0) is 23.8. The predicted octanol–water partition coefficient (Wildman–Crippen LogP) is 3.27. The van der Waals surface area contributed by atoms with E-state index < -0.39 is 0 Å². The first kappa shape index (κ1) is 20.8. The first-order valence-electron chi connectivity index (χ1n) is 12.5. The van der Waals surface area contributed by atoms with E-state index in [1.165, 1.54) is 11.1 Å². The number of nitrogens with zero attached hydrogens (tertiary/aromatic N) is 4. The normalized spacial score (nSPS) is 22.0. The molecule has 0 bridgehead atoms. The summed E-state index contributed by atoms with van der Waals surface area (Å²) in [5, 5.41) is 8.24. The number of anilines is 1. The van der Waals surface area contributed by atoms with Crippen LogP contribution < -0.4 is 16.2 Å². The molecule has 1 saturated carbocycles. The second-order valence-corrected chi connectivity index (χ2v) is 10.6. The average Bonchev–Trinajstić information content (AvgIpc) is 3.47. The molecule has 2 aliphatic carbocycles. The monoisotopic (exact) mass is 467 g/mol. The van der Waals surface area contributed by atoms with Crippen molar-refractivity contribution in [1.29, 1.82) is 0 Å². The number of hydrogen-bond donors (Lipinski definition) is 3. The number of benzene rings is 1. The Hall–Kier alpha value is -3.52. The zero-order valence-corrected chi connectivity index (χ0v) is 19.8. The van der Waals surface area contributed by atoms with Crippen molar-refractivity contribution < 1.29 is 0 Å². The Morgan fingerprint density at radius 2 is 1.89 bits per heavy atom. The molecule has 0 radical (unpaired) electrons. The predicted molar refractivity (Wildman–Crippen MR) is 134 cm³/mol. The van der Waals surface area contributed by atoms with Crippen LogP contribution in [0.1, 0.15) is 59.8 Å². The van der Waals surface area contributed by atoms with Gasteiger partial charge in [0.15, 0.2) is 5.65 Å². The van der Waals surface area contributed by atoms with Crippen LogP contribution >= 0.6 is 0 Å². The summed E-state index contributed by atoms with van der Waals surface area (Å²) in [5.41, 5.74) is 12.6. The second-order valence-electron chi connectivity index (χ2n) is 10.6. The molecule has 178 valence electrons. The van der Waals surface area contributed by atoms with Crippen molar-refractivity contribution in [3.63, 3.8) is 0 Å². The molecule has 1 aromatic carbocycles. The van der Waals surface area contributed by atoms with Crippen LogP contribution in [-0.4, -0.2) is 38.2 Å². The number of aromatic nitrogens is 5. The highest BCUT2D eigenvalue weighted by Crippen LogP contribution is 2.55. The van der Waals surface area contributed by atoms with Crippen molar-refractivity contribution in [2.75, 3.05) is 18.0 Å². The number of hydrogen-bond acceptors (Lipinski definition) is 6. The lowest BCUT2D eigenvalue weighted by atomic mass is 9.73. The van der Waals surface area contributed by atoms with Gasteiger partial charge in [0.2, 0.25) is 5.95 Å². The highest BCUT2D eigenvalue weighted by Gasteiger charge is 2.51. The number of H-pyrrole nitrogens is 2. The largest absolute Gasteiger partial charge is 0.342 e. The van der Waals surface area contributed by atoms with Crippen LogP contribution in [-0.2, 0) is 11.8 Å². The van der Waals surface area contributed by atoms with Gasteiger partial charge in [-0.1, -0.05) is 30.3 Å². The Morgan fingerprint density at radius 3 is 2.63 bits per heavy atom. The maximum Gasteiger partial charge on any atom is 0.263 e. The standard InChI is InChI=1S/C27H29N7O/c1-16-19(7-4-12-29-16)27(8-9-27)22-20-23(33-32-22)30-25(31-24(20)35)34-13-10-26(11-14-34)15-17-5-2-3-6-18(17)21(26)28/h2-7,12,21H,8-11,13-15,28H2,1H3,(H2,30,31,32,33,35)/t21-/m1/s1. The van der Waals surface area contributed by atoms with Crippen LogP contribution in [0.25, 0.3) is 11.0 Å². The van der Waals surface area contributed by atoms with Gasteiger partial charge >= 0.3 is 0 Å². The number of fused-ring (bicyclic) bond motifs is 2. The molecule has 1 atom stereocenters. The van der Waals surface area contributed by atoms with Crippen LogP contribution in [0.15, 0.2) is 47.4 Å². The Morgan fingerprint density at radius 1 is 1.09 bits per heavy atom. The highest BCUT2D eigenvalue weighted by atomic mass is 16.1. The van der Waals surface area contributed by atoms with Gasteiger partial charge in [0.25, 0.3) is 5.56 Å². The third-order valence-corrected chi connectivity index (χ3v) is 8.79. The molecular weight excluding hydrogens is 438 g/mol. The van der Waals surface area contributed by atoms with E-state index in [-0.39, 0.29) is 22.4 Å². The second kappa shape index (κ2) is 7.24. The van der Waals surface area contributed by atoms with Gasteiger partial charge in [-0.3, -0.25) is 19.9 Å². The summed E-state index contributed by atoms with van der Waals surface area (Å²) in [5.74, 6) is 0.610. The summed E-state index contributed by atoms with van der Waals surface area (Å²) < 4.78 is 0. The van der Waals surface area contributed by atoms with E-state index in [2.05, 4.69) is 55.4 Å². The fourth-order valence-corrected chi connectivity index (χ4v) is 6.64. The molecule has 8 heteroatoms. The third kappa shape index (κ3) is 2.95. The molecule has 4 N–H and O–H groups in total. The minimum absolute atomic E-state index is 0.0659. The van der Waals surface area contributed by atoms with Gasteiger partial charge in [0.05, 0.1) is 5.69 Å². The Kier molecular flexibility index (Phi) is 4.31. The van der Waals surface area contributed by atoms with Gasteiger partial charge in [-0.25, -0.2) is 0 Å². The Balaban J connectivity index is 1.18. The fourth-order valence-electron chi connectivity index (χ4n) is 6.64. The molecule has 3 aliphatic rings. The summed E-state index contributed by atoms with van der Waals surface area (Å²) in [7, 11) is 0. The fraction of sp³-hybridized carbons (Fsp3) is 0.407. The number of aromatic amines is 2. The van der Waals surface area contributed by atoms with Crippen LogP contribution in [0.5, 0.6) is 0 Å². The van der Waals surface area contributed by atoms with Gasteiger partial charge in [0.1, 0.15) is 5.39 Å². The summed E-state index contributed by atoms with van der Waals surface area (Å²) in [6, 6.07) is 12.7. The van der Waals surface area contributed by atoms with Gasteiger partial charge in [0, 0.05) is 36.4 Å². The molecule has 2 fully saturated rings. The molecule has 0 amide bonds. The minimum Gasteiger partial charge on any atom is -0.342 e. The number of rotatable bonds is 3. The maximum atomic E-state index is 13.3. The summed E-state index contributed by atoms with van der Waals surface area (Å²) in [4.78, 5) is 27.9. The lowest BCUT2D eigenvalue weighted by Crippen LogP contribution is -2.45. The summed E-state index contributed by atoms with van der Waals surface area (Å²) in [6.45, 7) is 3.65. The van der Waals surface area contributed by atoms with E-state index in [4.69, 9.17) is 10.7 Å². The van der Waals surface area contributed by atoms with Crippen molar-refractivity contribution in [2.24, 2.45) is 11.1 Å². The van der Waals surface area contributed by atoms with Gasteiger partial charge in [-0.05, 0) is 67.2 Å². The minimum atomic E-state index is -0.252. The quantitative estimate of drug-likeness (QED) is 0.426. The summed E-state index contributed by atoms with van der Waals surface area (Å²) in [6.07, 6.45) is 6.69. The zero-order valence-electron chi connectivity index (χ0n) is 19.8. The highest BCUT2D eigenvalue weighted by molar-refractivity contribution is 5.80. The molecule has 35 heavy (non-hydrogen) atoms. The van der Waals surface area contributed by atoms with Gasteiger partial charge in [-0.15, -0.1) is 0 Å². The molecule has 8 nitrogen and oxygen atoms in total. The number of aryl methyl sites for hydroxylation is 1. The number of nitrogens with two attached hydrogens (primary N) is 1. The molecular formula is C27H29N7O. The number of pyridine rings is 1. The Bertz CT molecular complexity index is 1510. The van der Waals surface area contributed by atoms with Crippen molar-refractivity contribution >= 4 is 17.0 Å². The molecule has 3 aromatic heterocycles. The van der Waals surface area contributed by atoms with E-state index in [9.17, 15) is 4.79 Å². The maximum absolute atomic E-state index is 13.3. The topological polar surface area (TPSA) is 117 Å². The van der Waals surface area contributed by atoms with Crippen LogP contribution in [0.3, 0.4) is 0 Å². The lowest BCUT2D eigenvalue weighted by Gasteiger charge is -2.42. The van der Waals surface area contributed by atoms with Crippen LogP contribution in [0.2, 0.25) is 0 Å². The first-order valence-corrected chi connectivity index (χ1v) is 12.5. The van der Waals surface area contributed by atoms with Crippen molar-refractivity contribution in [2.45, 2.75) is 50.5 Å². The smallest absolute Gasteiger partial charge is 0.263 e. The third-order valence-electron chi connectivity index (χ3n) is 8.79.